The van der Waals surface area contributed by atoms with Crippen LogP contribution in [-0.2, 0) is 11.3 Å². The molecule has 0 spiro atoms. The molecule has 0 amide bonds. The van der Waals surface area contributed by atoms with E-state index >= 15 is 0 Å². The van der Waals surface area contributed by atoms with E-state index in [1.54, 1.807) is 0 Å². The van der Waals surface area contributed by atoms with Crippen LogP contribution in [0.2, 0.25) is 0 Å². The fraction of sp³-hybridized carbons (Fsp3) is 0.643. The van der Waals surface area contributed by atoms with Gasteiger partial charge in [-0.05, 0) is 31.4 Å². The summed E-state index contributed by atoms with van der Waals surface area (Å²) in [5.41, 5.74) is 0.772. The van der Waals surface area contributed by atoms with E-state index in [4.69, 9.17) is 9.47 Å². The molecular weight excluding hydrogens is 247 g/mol. The Kier molecular flexibility index (Phi) is 5.54. The highest BCUT2D eigenvalue weighted by molar-refractivity contribution is 5.26. The van der Waals surface area contributed by atoms with E-state index in [0.29, 0.717) is 24.9 Å². The summed E-state index contributed by atoms with van der Waals surface area (Å²) in [6.07, 6.45) is 3.24. The monoisotopic (exact) mass is 268 g/mol. The highest BCUT2D eigenvalue weighted by Crippen LogP contribution is 2.20. The predicted molar refractivity (Wildman–Crippen MR) is 70.6 cm³/mol. The molecule has 0 unspecified atom stereocenters. The Hall–Kier alpha value is -1.20. The van der Waals surface area contributed by atoms with Crippen LogP contribution < -0.4 is 10.1 Å². The molecule has 1 aromatic rings. The zero-order chi connectivity index (χ0) is 13.5. The lowest BCUT2D eigenvalue weighted by Crippen LogP contribution is -2.22. The maximum Gasteiger partial charge on any atom is 0.218 e. The van der Waals surface area contributed by atoms with E-state index in [9.17, 15) is 4.39 Å². The van der Waals surface area contributed by atoms with Crippen molar-refractivity contribution < 1.29 is 13.9 Å². The van der Waals surface area contributed by atoms with Gasteiger partial charge in [-0.2, -0.15) is 0 Å². The minimum atomic E-state index is -0.327. The van der Waals surface area contributed by atoms with Gasteiger partial charge < -0.3 is 14.8 Å². The zero-order valence-electron chi connectivity index (χ0n) is 11.3. The fourth-order valence-corrected chi connectivity index (χ4v) is 2.09. The molecule has 0 radical (unpaired) electrons. The summed E-state index contributed by atoms with van der Waals surface area (Å²) in [6.45, 7) is 5.64. The van der Waals surface area contributed by atoms with Crippen LogP contribution in [0.15, 0.2) is 12.3 Å². The minimum Gasteiger partial charge on any atom is -0.477 e. The average molecular weight is 268 g/mol. The maximum atomic E-state index is 13.2. The van der Waals surface area contributed by atoms with E-state index in [1.807, 2.05) is 6.92 Å². The number of hydrogen-bond acceptors (Lipinski definition) is 4. The van der Waals surface area contributed by atoms with Crippen LogP contribution in [0.3, 0.4) is 0 Å². The number of hydrogen-bond donors (Lipinski definition) is 1. The number of pyridine rings is 1. The number of ether oxygens (including phenoxy) is 2. The third-order valence-electron chi connectivity index (χ3n) is 3.25. The summed E-state index contributed by atoms with van der Waals surface area (Å²) in [5, 5.41) is 3.16. The van der Waals surface area contributed by atoms with Gasteiger partial charge in [0.2, 0.25) is 5.88 Å². The first kappa shape index (κ1) is 14.2. The highest BCUT2D eigenvalue weighted by Gasteiger charge is 2.16. The predicted octanol–water partition coefficient (Wildman–Crippen LogP) is 2.14. The summed E-state index contributed by atoms with van der Waals surface area (Å²) in [4.78, 5) is 4.05. The van der Waals surface area contributed by atoms with Crippen molar-refractivity contribution in [1.29, 1.82) is 0 Å². The Morgan fingerprint density at radius 1 is 1.47 bits per heavy atom. The number of halogens is 1. The molecule has 4 nitrogen and oxygen atoms in total. The van der Waals surface area contributed by atoms with Crippen LogP contribution in [0.25, 0.3) is 0 Å². The van der Waals surface area contributed by atoms with E-state index in [1.165, 1.54) is 12.3 Å². The molecule has 2 heterocycles. The third kappa shape index (κ3) is 4.44. The van der Waals surface area contributed by atoms with Crippen molar-refractivity contribution in [2.45, 2.75) is 26.3 Å². The van der Waals surface area contributed by atoms with Crippen LogP contribution >= 0.6 is 0 Å². The van der Waals surface area contributed by atoms with Crippen LogP contribution in [0.1, 0.15) is 25.3 Å². The molecule has 0 aliphatic carbocycles. The summed E-state index contributed by atoms with van der Waals surface area (Å²) in [5.74, 6) is 0.716. The molecule has 5 heteroatoms. The summed E-state index contributed by atoms with van der Waals surface area (Å²) >= 11 is 0. The lowest BCUT2D eigenvalue weighted by molar-refractivity contribution is 0.0488. The van der Waals surface area contributed by atoms with Gasteiger partial charge in [0.25, 0.3) is 0 Å². The van der Waals surface area contributed by atoms with Crippen molar-refractivity contribution in [2.75, 3.05) is 26.4 Å². The lowest BCUT2D eigenvalue weighted by Gasteiger charge is -2.22. The zero-order valence-corrected chi connectivity index (χ0v) is 11.3. The van der Waals surface area contributed by atoms with Gasteiger partial charge >= 0.3 is 0 Å². The Morgan fingerprint density at radius 3 is 3.00 bits per heavy atom. The lowest BCUT2D eigenvalue weighted by atomic mass is 10.0. The smallest absolute Gasteiger partial charge is 0.218 e. The first-order valence-electron chi connectivity index (χ1n) is 6.85. The molecule has 19 heavy (non-hydrogen) atoms. The molecule has 1 aliphatic rings. The largest absolute Gasteiger partial charge is 0.477 e. The van der Waals surface area contributed by atoms with Crippen molar-refractivity contribution in [3.63, 3.8) is 0 Å². The number of nitrogens with one attached hydrogen (secondary N) is 1. The van der Waals surface area contributed by atoms with Gasteiger partial charge in [0.05, 0.1) is 12.8 Å². The normalized spacial score (nSPS) is 16.5. The van der Waals surface area contributed by atoms with Crippen LogP contribution in [0.4, 0.5) is 4.39 Å². The summed E-state index contributed by atoms with van der Waals surface area (Å²) in [7, 11) is 0. The highest BCUT2D eigenvalue weighted by atomic mass is 19.1. The molecular formula is C14H21FN2O2. The van der Waals surface area contributed by atoms with Gasteiger partial charge in [-0.25, -0.2) is 9.37 Å². The number of aromatic nitrogens is 1. The van der Waals surface area contributed by atoms with Crippen LogP contribution in [0.5, 0.6) is 5.88 Å². The van der Waals surface area contributed by atoms with Crippen molar-refractivity contribution in [1.82, 2.24) is 10.3 Å². The summed E-state index contributed by atoms with van der Waals surface area (Å²) < 4.78 is 24.3. The first-order chi connectivity index (χ1) is 9.29. The van der Waals surface area contributed by atoms with Crippen LogP contribution in [0, 0.1) is 11.7 Å². The van der Waals surface area contributed by atoms with E-state index in [2.05, 4.69) is 10.3 Å². The Balaban J connectivity index is 1.93. The molecule has 1 aromatic heterocycles. The van der Waals surface area contributed by atoms with Gasteiger partial charge in [-0.1, -0.05) is 6.92 Å². The van der Waals surface area contributed by atoms with E-state index < -0.39 is 0 Å². The van der Waals surface area contributed by atoms with E-state index in [0.717, 1.165) is 38.2 Å². The molecule has 1 N–H and O–H groups in total. The van der Waals surface area contributed by atoms with Gasteiger partial charge in [-0.3, -0.25) is 0 Å². The second kappa shape index (κ2) is 7.40. The van der Waals surface area contributed by atoms with Crippen molar-refractivity contribution in [3.8, 4) is 5.88 Å². The Labute approximate surface area is 113 Å². The van der Waals surface area contributed by atoms with Gasteiger partial charge in [0.1, 0.15) is 5.82 Å². The van der Waals surface area contributed by atoms with Gasteiger partial charge in [-0.15, -0.1) is 0 Å². The quantitative estimate of drug-likeness (QED) is 0.858. The average Bonchev–Trinajstić information content (AvgIpc) is 2.45. The molecule has 106 valence electrons. The van der Waals surface area contributed by atoms with Crippen molar-refractivity contribution in [2.24, 2.45) is 5.92 Å². The molecule has 0 bridgehead atoms. The second-order valence-corrected chi connectivity index (χ2v) is 4.76. The maximum absolute atomic E-state index is 13.2. The molecule has 1 aliphatic heterocycles. The van der Waals surface area contributed by atoms with E-state index in [-0.39, 0.29) is 5.82 Å². The third-order valence-corrected chi connectivity index (χ3v) is 3.25. The molecule has 1 saturated heterocycles. The number of nitrogens with zero attached hydrogens (tertiary/aromatic N) is 1. The standard InChI is InChI=1S/C14H21FN2O2/c1-2-16-8-12-7-13(15)9-17-14(12)19-10-11-3-5-18-6-4-11/h7,9,11,16H,2-6,8,10H2,1H3. The fourth-order valence-electron chi connectivity index (χ4n) is 2.09. The molecule has 2 rings (SSSR count). The summed E-state index contributed by atoms with van der Waals surface area (Å²) in [6, 6.07) is 1.48. The van der Waals surface area contributed by atoms with Gasteiger partial charge in [0, 0.05) is 25.3 Å². The SMILES string of the molecule is CCNCc1cc(F)cnc1OCC1CCOCC1. The van der Waals surface area contributed by atoms with Crippen molar-refractivity contribution in [3.05, 3.63) is 23.6 Å². The molecule has 0 aromatic carbocycles. The van der Waals surface area contributed by atoms with Crippen LogP contribution in [-0.4, -0.2) is 31.3 Å². The Bertz CT molecular complexity index is 395. The second-order valence-electron chi connectivity index (χ2n) is 4.76. The molecule has 0 atom stereocenters. The molecule has 1 fully saturated rings. The Morgan fingerprint density at radius 2 is 2.26 bits per heavy atom. The topological polar surface area (TPSA) is 43.4 Å². The number of rotatable bonds is 6. The molecule has 0 saturated carbocycles. The minimum absolute atomic E-state index is 0.327. The van der Waals surface area contributed by atoms with Gasteiger partial charge in [0.15, 0.2) is 0 Å². The van der Waals surface area contributed by atoms with Crippen molar-refractivity contribution >= 4 is 0 Å². The first-order valence-corrected chi connectivity index (χ1v) is 6.85.